The average molecular weight is 291 g/mol. The van der Waals surface area contributed by atoms with Gasteiger partial charge in [-0.3, -0.25) is 9.78 Å². The van der Waals surface area contributed by atoms with Gasteiger partial charge in [0.2, 0.25) is 0 Å². The van der Waals surface area contributed by atoms with Gasteiger partial charge in [0.25, 0.3) is 5.91 Å². The lowest BCUT2D eigenvalue weighted by Crippen LogP contribution is -2.31. The largest absolute Gasteiger partial charge is 0.484 e. The standard InChI is InChI=1S/C15H15ClN2O2/c1-11(12-6-8-17-9-7-12)18-15(19)10-20-14-4-2-13(16)3-5-14/h2-9,11H,10H2,1H3,(H,18,19). The number of benzene rings is 1. The van der Waals surface area contributed by atoms with Crippen LogP contribution in [0.2, 0.25) is 5.02 Å². The molecule has 0 bridgehead atoms. The second-order valence-electron chi connectivity index (χ2n) is 4.31. The van der Waals surface area contributed by atoms with E-state index in [2.05, 4.69) is 10.3 Å². The maximum atomic E-state index is 11.8. The summed E-state index contributed by atoms with van der Waals surface area (Å²) in [7, 11) is 0. The van der Waals surface area contributed by atoms with Gasteiger partial charge in [-0.1, -0.05) is 11.6 Å². The van der Waals surface area contributed by atoms with E-state index in [9.17, 15) is 4.79 Å². The molecule has 5 heteroatoms. The number of rotatable bonds is 5. The van der Waals surface area contributed by atoms with E-state index < -0.39 is 0 Å². The molecule has 1 aromatic carbocycles. The number of halogens is 1. The van der Waals surface area contributed by atoms with Crippen molar-refractivity contribution in [2.45, 2.75) is 13.0 Å². The third-order valence-electron chi connectivity index (χ3n) is 2.77. The summed E-state index contributed by atoms with van der Waals surface area (Å²) >= 11 is 5.77. The summed E-state index contributed by atoms with van der Waals surface area (Å²) in [6, 6.07) is 10.5. The molecular formula is C15H15ClN2O2. The minimum Gasteiger partial charge on any atom is -0.484 e. The minimum atomic E-state index is -0.177. The zero-order valence-corrected chi connectivity index (χ0v) is 11.8. The van der Waals surface area contributed by atoms with E-state index >= 15 is 0 Å². The Hall–Kier alpha value is -2.07. The van der Waals surface area contributed by atoms with Crippen LogP contribution in [-0.4, -0.2) is 17.5 Å². The molecule has 0 spiro atoms. The summed E-state index contributed by atoms with van der Waals surface area (Å²) in [6.07, 6.45) is 3.39. The molecule has 2 aromatic rings. The van der Waals surface area contributed by atoms with Crippen molar-refractivity contribution in [1.29, 1.82) is 0 Å². The third kappa shape index (κ3) is 4.24. The fourth-order valence-corrected chi connectivity index (χ4v) is 1.82. The molecule has 1 N–H and O–H groups in total. The number of nitrogens with zero attached hydrogens (tertiary/aromatic N) is 1. The molecule has 4 nitrogen and oxygen atoms in total. The number of carbonyl (C=O) groups is 1. The van der Waals surface area contributed by atoms with E-state index in [1.807, 2.05) is 19.1 Å². The summed E-state index contributed by atoms with van der Waals surface area (Å²) in [5.41, 5.74) is 1.000. The average Bonchev–Trinajstić information content (AvgIpc) is 2.47. The molecule has 0 aliphatic carbocycles. The number of carbonyl (C=O) groups excluding carboxylic acids is 1. The van der Waals surface area contributed by atoms with Gasteiger partial charge in [0.1, 0.15) is 5.75 Å². The Balaban J connectivity index is 1.82. The molecule has 1 amide bonds. The summed E-state index contributed by atoms with van der Waals surface area (Å²) in [5, 5.41) is 3.49. The number of hydrogen-bond donors (Lipinski definition) is 1. The second-order valence-corrected chi connectivity index (χ2v) is 4.75. The van der Waals surface area contributed by atoms with Crippen LogP contribution in [0.15, 0.2) is 48.8 Å². The number of ether oxygens (including phenoxy) is 1. The fourth-order valence-electron chi connectivity index (χ4n) is 1.70. The van der Waals surface area contributed by atoms with E-state index in [-0.39, 0.29) is 18.6 Å². The zero-order chi connectivity index (χ0) is 14.4. The molecule has 0 fully saturated rings. The Bertz CT molecular complexity index is 558. The fraction of sp³-hybridized carbons (Fsp3) is 0.200. The first-order valence-corrected chi connectivity index (χ1v) is 6.60. The lowest BCUT2D eigenvalue weighted by atomic mass is 10.1. The topological polar surface area (TPSA) is 51.2 Å². The normalized spacial score (nSPS) is 11.7. The lowest BCUT2D eigenvalue weighted by Gasteiger charge is -2.14. The highest BCUT2D eigenvalue weighted by Crippen LogP contribution is 2.15. The summed E-state index contributed by atoms with van der Waals surface area (Å²) in [6.45, 7) is 1.88. The zero-order valence-electron chi connectivity index (χ0n) is 11.0. The van der Waals surface area contributed by atoms with Crippen molar-refractivity contribution < 1.29 is 9.53 Å². The summed E-state index contributed by atoms with van der Waals surface area (Å²) in [4.78, 5) is 15.7. The van der Waals surface area contributed by atoms with Crippen LogP contribution in [0.25, 0.3) is 0 Å². The minimum absolute atomic E-state index is 0.0307. The Morgan fingerprint density at radius 1 is 1.25 bits per heavy atom. The molecule has 20 heavy (non-hydrogen) atoms. The van der Waals surface area contributed by atoms with Crippen LogP contribution >= 0.6 is 11.6 Å². The number of pyridine rings is 1. The molecule has 1 unspecified atom stereocenters. The molecule has 0 radical (unpaired) electrons. The maximum Gasteiger partial charge on any atom is 0.258 e. The van der Waals surface area contributed by atoms with Crippen LogP contribution in [0.3, 0.4) is 0 Å². The molecule has 104 valence electrons. The monoisotopic (exact) mass is 290 g/mol. The van der Waals surface area contributed by atoms with Gasteiger partial charge < -0.3 is 10.1 Å². The van der Waals surface area contributed by atoms with Gasteiger partial charge in [-0.15, -0.1) is 0 Å². The van der Waals surface area contributed by atoms with Crippen molar-refractivity contribution in [3.05, 3.63) is 59.4 Å². The molecule has 2 rings (SSSR count). The van der Waals surface area contributed by atoms with Gasteiger partial charge >= 0.3 is 0 Å². The van der Waals surface area contributed by atoms with Crippen LogP contribution in [0.5, 0.6) is 5.75 Å². The number of hydrogen-bond acceptors (Lipinski definition) is 3. The number of aromatic nitrogens is 1. The first kappa shape index (κ1) is 14.3. The highest BCUT2D eigenvalue weighted by molar-refractivity contribution is 6.30. The van der Waals surface area contributed by atoms with Crippen molar-refractivity contribution in [3.8, 4) is 5.75 Å². The Kier molecular flexibility index (Phi) is 4.96. The van der Waals surface area contributed by atoms with Gasteiger partial charge in [0.05, 0.1) is 6.04 Å². The highest BCUT2D eigenvalue weighted by Gasteiger charge is 2.09. The van der Waals surface area contributed by atoms with E-state index in [4.69, 9.17) is 16.3 Å². The Morgan fingerprint density at radius 3 is 2.55 bits per heavy atom. The Morgan fingerprint density at radius 2 is 1.90 bits per heavy atom. The van der Waals surface area contributed by atoms with Crippen LogP contribution in [0.4, 0.5) is 0 Å². The van der Waals surface area contributed by atoms with Gasteiger partial charge in [-0.25, -0.2) is 0 Å². The van der Waals surface area contributed by atoms with Crippen LogP contribution in [0.1, 0.15) is 18.5 Å². The molecule has 1 heterocycles. The highest BCUT2D eigenvalue weighted by atomic mass is 35.5. The van der Waals surface area contributed by atoms with E-state index in [0.717, 1.165) is 5.56 Å². The molecule has 0 saturated heterocycles. The summed E-state index contributed by atoms with van der Waals surface area (Å²) in [5.74, 6) is 0.436. The van der Waals surface area contributed by atoms with E-state index in [1.165, 1.54) is 0 Å². The van der Waals surface area contributed by atoms with Gasteiger partial charge in [-0.05, 0) is 48.9 Å². The lowest BCUT2D eigenvalue weighted by molar-refractivity contribution is -0.123. The predicted octanol–water partition coefficient (Wildman–Crippen LogP) is 2.99. The molecule has 1 aromatic heterocycles. The molecule has 1 atom stereocenters. The van der Waals surface area contributed by atoms with Crippen molar-refractivity contribution in [2.24, 2.45) is 0 Å². The Labute approximate surface area is 122 Å². The predicted molar refractivity (Wildman–Crippen MR) is 77.7 cm³/mol. The van der Waals surface area contributed by atoms with Crippen molar-refractivity contribution in [3.63, 3.8) is 0 Å². The van der Waals surface area contributed by atoms with Crippen LogP contribution in [0, 0.1) is 0 Å². The SMILES string of the molecule is CC(NC(=O)COc1ccc(Cl)cc1)c1ccncc1. The van der Waals surface area contributed by atoms with Crippen molar-refractivity contribution in [2.75, 3.05) is 6.61 Å². The number of nitrogens with one attached hydrogen (secondary N) is 1. The molecule has 0 aliphatic rings. The van der Waals surface area contributed by atoms with Gasteiger partial charge in [0.15, 0.2) is 6.61 Å². The first-order chi connectivity index (χ1) is 9.65. The molecule has 0 aliphatic heterocycles. The maximum absolute atomic E-state index is 11.8. The van der Waals surface area contributed by atoms with Crippen LogP contribution in [-0.2, 0) is 4.79 Å². The second kappa shape index (κ2) is 6.91. The van der Waals surface area contributed by atoms with Gasteiger partial charge in [0, 0.05) is 17.4 Å². The molecular weight excluding hydrogens is 276 g/mol. The third-order valence-corrected chi connectivity index (χ3v) is 3.02. The molecule has 0 saturated carbocycles. The van der Waals surface area contributed by atoms with Gasteiger partial charge in [-0.2, -0.15) is 0 Å². The van der Waals surface area contributed by atoms with E-state index in [1.54, 1.807) is 36.7 Å². The van der Waals surface area contributed by atoms with Crippen molar-refractivity contribution in [1.82, 2.24) is 10.3 Å². The summed E-state index contributed by atoms with van der Waals surface area (Å²) < 4.78 is 5.38. The van der Waals surface area contributed by atoms with E-state index in [0.29, 0.717) is 10.8 Å². The quantitative estimate of drug-likeness (QED) is 0.921. The van der Waals surface area contributed by atoms with Crippen LogP contribution < -0.4 is 10.1 Å². The first-order valence-electron chi connectivity index (χ1n) is 6.23. The van der Waals surface area contributed by atoms with Crippen molar-refractivity contribution >= 4 is 17.5 Å². The smallest absolute Gasteiger partial charge is 0.258 e. The number of amides is 1.